The minimum absolute atomic E-state index is 0.179. The van der Waals surface area contributed by atoms with Crippen molar-refractivity contribution in [2.24, 2.45) is 0 Å². The number of halogens is 1. The number of nitrogens with zero attached hydrogens (tertiary/aromatic N) is 3. The van der Waals surface area contributed by atoms with E-state index in [4.69, 9.17) is 16.6 Å². The third-order valence-electron chi connectivity index (χ3n) is 7.17. The molecule has 2 amide bonds. The van der Waals surface area contributed by atoms with Gasteiger partial charge in [-0.3, -0.25) is 23.9 Å². The number of hydrogen-bond donors (Lipinski definition) is 0. The molecule has 0 saturated carbocycles. The van der Waals surface area contributed by atoms with Crippen LogP contribution >= 0.6 is 34.7 Å². The molecule has 41 heavy (non-hydrogen) atoms. The highest BCUT2D eigenvalue weighted by atomic mass is 35.5. The number of hydrogen-bond acceptors (Lipinski definition) is 6. The second-order valence-electron chi connectivity index (χ2n) is 9.85. The molecular formula is C32H26ClN3O3S2. The Kier molecular flexibility index (Phi) is 7.79. The normalized spacial score (nSPS) is 15.7. The molecule has 6 nitrogen and oxygen atoms in total. The molecule has 206 valence electrons. The second kappa shape index (κ2) is 11.6. The van der Waals surface area contributed by atoms with Crippen molar-refractivity contribution >= 4 is 56.7 Å². The van der Waals surface area contributed by atoms with Crippen LogP contribution in [0.15, 0.2) is 94.9 Å². The molecule has 1 saturated heterocycles. The van der Waals surface area contributed by atoms with Crippen molar-refractivity contribution in [3.63, 3.8) is 0 Å². The number of benzene rings is 3. The Balaban J connectivity index is 1.44. The summed E-state index contributed by atoms with van der Waals surface area (Å²) in [6, 6.07) is 25.8. The Hall–Kier alpha value is -3.72. The van der Waals surface area contributed by atoms with Gasteiger partial charge in [-0.15, -0.1) is 11.3 Å². The Morgan fingerprint density at radius 2 is 1.63 bits per heavy atom. The Labute approximate surface area is 250 Å². The van der Waals surface area contributed by atoms with Crippen molar-refractivity contribution in [3.8, 4) is 16.8 Å². The molecule has 1 atom stereocenters. The molecule has 0 unspecified atom stereocenters. The molecule has 3 heterocycles. The molecule has 5 aromatic rings. The molecule has 0 aliphatic carbocycles. The van der Waals surface area contributed by atoms with Crippen LogP contribution in [0.25, 0.3) is 27.0 Å². The maximum Gasteiger partial charge on any atom is 0.268 e. The first-order valence-corrected chi connectivity index (χ1v) is 15.4. The maximum atomic E-state index is 14.3. The fourth-order valence-electron chi connectivity index (χ4n) is 5.17. The molecule has 9 heteroatoms. The summed E-state index contributed by atoms with van der Waals surface area (Å²) in [4.78, 5) is 49.4. The average Bonchev–Trinajstić information content (AvgIpc) is 3.22. The predicted molar refractivity (Wildman–Crippen MR) is 166 cm³/mol. The molecule has 1 aliphatic rings. The first-order valence-electron chi connectivity index (χ1n) is 13.4. The van der Waals surface area contributed by atoms with Gasteiger partial charge in [-0.25, -0.2) is 4.98 Å². The van der Waals surface area contributed by atoms with E-state index in [1.807, 2.05) is 67.6 Å². The number of fused-ring (bicyclic) bond motifs is 1. The fraction of sp³-hybridized carbons (Fsp3) is 0.188. The molecule has 0 spiro atoms. The van der Waals surface area contributed by atoms with Crippen LogP contribution in [0.5, 0.6) is 0 Å². The van der Waals surface area contributed by atoms with Crippen LogP contribution in [0.1, 0.15) is 34.5 Å². The summed E-state index contributed by atoms with van der Waals surface area (Å²) in [6.07, 6.45) is 2.07. The molecule has 1 aliphatic heterocycles. The van der Waals surface area contributed by atoms with Crippen molar-refractivity contribution in [3.05, 3.63) is 111 Å². The topological polar surface area (TPSA) is 72.3 Å². The number of likely N-dealkylation sites (tertiary alicyclic amines) is 1. The van der Waals surface area contributed by atoms with E-state index in [0.717, 1.165) is 22.4 Å². The van der Waals surface area contributed by atoms with Gasteiger partial charge < -0.3 is 0 Å². The Bertz CT molecular complexity index is 1800. The van der Waals surface area contributed by atoms with Gasteiger partial charge in [0.1, 0.15) is 4.83 Å². The van der Waals surface area contributed by atoms with E-state index < -0.39 is 5.25 Å². The van der Waals surface area contributed by atoms with Crippen molar-refractivity contribution in [2.45, 2.75) is 36.6 Å². The number of rotatable bonds is 5. The number of thiophene rings is 1. The highest BCUT2D eigenvalue weighted by Gasteiger charge is 2.34. The van der Waals surface area contributed by atoms with Gasteiger partial charge in [0.05, 0.1) is 16.3 Å². The number of carbonyl (C=O) groups excluding carboxylic acids is 2. The lowest BCUT2D eigenvalue weighted by Gasteiger charge is -2.23. The van der Waals surface area contributed by atoms with Crippen LogP contribution in [0.3, 0.4) is 0 Å². The Morgan fingerprint density at radius 1 is 0.951 bits per heavy atom. The molecular weight excluding hydrogens is 574 g/mol. The SMILES string of the molecule is Cc1sc2nc(S[C@H]3CCCCN(C(=O)c4ccc(Cl)cc4)C3=O)n(-c3ccccc3)c(=O)c2c1-c1ccccc1. The summed E-state index contributed by atoms with van der Waals surface area (Å²) in [5.74, 6) is -0.613. The van der Waals surface area contributed by atoms with Crippen LogP contribution in [-0.4, -0.2) is 38.1 Å². The molecule has 0 N–H and O–H groups in total. The van der Waals surface area contributed by atoms with Crippen molar-refractivity contribution < 1.29 is 9.59 Å². The summed E-state index contributed by atoms with van der Waals surface area (Å²) in [5.41, 5.74) is 2.76. The first kappa shape index (κ1) is 27.4. The van der Waals surface area contributed by atoms with Gasteiger partial charge in [-0.05, 0) is 61.7 Å². The fourth-order valence-corrected chi connectivity index (χ4v) is 7.60. The summed E-state index contributed by atoms with van der Waals surface area (Å²) < 4.78 is 1.61. The smallest absolute Gasteiger partial charge is 0.268 e. The number of aromatic nitrogens is 2. The summed E-state index contributed by atoms with van der Waals surface area (Å²) in [5, 5.41) is 0.965. The molecule has 1 fully saturated rings. The number of carbonyl (C=O) groups is 2. The van der Waals surface area contributed by atoms with Gasteiger partial charge >= 0.3 is 0 Å². The lowest BCUT2D eigenvalue weighted by molar-refractivity contribution is -0.127. The highest BCUT2D eigenvalue weighted by molar-refractivity contribution is 8.00. The minimum Gasteiger partial charge on any atom is -0.278 e. The third-order valence-corrected chi connectivity index (χ3v) is 9.63. The van der Waals surface area contributed by atoms with Crippen molar-refractivity contribution in [1.29, 1.82) is 0 Å². The largest absolute Gasteiger partial charge is 0.278 e. The van der Waals surface area contributed by atoms with E-state index in [9.17, 15) is 14.4 Å². The lowest BCUT2D eigenvalue weighted by atomic mass is 10.0. The van der Waals surface area contributed by atoms with Crippen molar-refractivity contribution in [2.75, 3.05) is 6.54 Å². The highest BCUT2D eigenvalue weighted by Crippen LogP contribution is 2.38. The zero-order valence-electron chi connectivity index (χ0n) is 22.2. The van der Waals surface area contributed by atoms with E-state index >= 15 is 0 Å². The van der Waals surface area contributed by atoms with Crippen LogP contribution in [0, 0.1) is 6.92 Å². The molecule has 0 radical (unpaired) electrons. The van der Waals surface area contributed by atoms with E-state index in [1.54, 1.807) is 28.8 Å². The molecule has 2 aromatic heterocycles. The lowest BCUT2D eigenvalue weighted by Crippen LogP contribution is -2.41. The summed E-state index contributed by atoms with van der Waals surface area (Å²) >= 11 is 8.75. The monoisotopic (exact) mass is 599 g/mol. The first-order chi connectivity index (χ1) is 19.9. The number of amides is 2. The zero-order valence-corrected chi connectivity index (χ0v) is 24.6. The van der Waals surface area contributed by atoms with E-state index in [0.29, 0.717) is 51.0 Å². The van der Waals surface area contributed by atoms with Gasteiger partial charge in [0.15, 0.2) is 5.16 Å². The van der Waals surface area contributed by atoms with Gasteiger partial charge in [-0.1, -0.05) is 78.3 Å². The molecule has 0 bridgehead atoms. The standard InChI is InChI=1S/C32H26ClN3O3S2/c1-20-26(21-10-4-2-5-11-21)27-28(40-20)34-32(36(31(27)39)24-12-6-3-7-13-24)41-25-14-8-9-19-35(30(25)38)29(37)22-15-17-23(33)18-16-22/h2-7,10-13,15-18,25H,8-9,14,19H2,1H3/t25-/m0/s1. The van der Waals surface area contributed by atoms with Gasteiger partial charge in [0.25, 0.3) is 11.5 Å². The number of thioether (sulfide) groups is 1. The Morgan fingerprint density at radius 3 is 2.34 bits per heavy atom. The van der Waals surface area contributed by atoms with E-state index in [-0.39, 0.29) is 17.4 Å². The van der Waals surface area contributed by atoms with Crippen LogP contribution in [0.2, 0.25) is 5.02 Å². The quantitative estimate of drug-likeness (QED) is 0.156. The van der Waals surface area contributed by atoms with E-state index in [1.165, 1.54) is 28.0 Å². The third kappa shape index (κ3) is 5.35. The van der Waals surface area contributed by atoms with Crippen molar-refractivity contribution in [1.82, 2.24) is 14.5 Å². The number of para-hydroxylation sites is 1. The van der Waals surface area contributed by atoms with Crippen LogP contribution < -0.4 is 5.56 Å². The van der Waals surface area contributed by atoms with Gasteiger partial charge in [0.2, 0.25) is 5.91 Å². The maximum absolute atomic E-state index is 14.3. The summed E-state index contributed by atoms with van der Waals surface area (Å²) in [7, 11) is 0. The minimum atomic E-state index is -0.567. The van der Waals surface area contributed by atoms with Crippen LogP contribution in [-0.2, 0) is 4.79 Å². The van der Waals surface area contributed by atoms with Crippen LogP contribution in [0.4, 0.5) is 0 Å². The number of aryl methyl sites for hydroxylation is 1. The predicted octanol–water partition coefficient (Wildman–Crippen LogP) is 7.39. The molecule has 3 aromatic carbocycles. The van der Waals surface area contributed by atoms with Gasteiger partial charge in [0, 0.05) is 27.6 Å². The zero-order chi connectivity index (χ0) is 28.5. The second-order valence-corrected chi connectivity index (χ2v) is 12.7. The summed E-state index contributed by atoms with van der Waals surface area (Å²) in [6.45, 7) is 2.35. The molecule has 6 rings (SSSR count). The number of imide groups is 1. The van der Waals surface area contributed by atoms with Gasteiger partial charge in [-0.2, -0.15) is 0 Å². The average molecular weight is 600 g/mol. The van der Waals surface area contributed by atoms with E-state index in [2.05, 4.69) is 0 Å².